The van der Waals surface area contributed by atoms with E-state index in [1.807, 2.05) is 37.3 Å². The molecule has 0 bridgehead atoms. The van der Waals surface area contributed by atoms with Crippen molar-refractivity contribution in [2.75, 3.05) is 0 Å². The summed E-state index contributed by atoms with van der Waals surface area (Å²) in [7, 11) is 0. The first-order valence-electron chi connectivity index (χ1n) is 7.47. The van der Waals surface area contributed by atoms with Crippen LogP contribution in [-0.4, -0.2) is 9.97 Å². The first kappa shape index (κ1) is 16.2. The molecule has 0 saturated heterocycles. The highest BCUT2D eigenvalue weighted by atomic mass is 19.4. The third-order valence-electron chi connectivity index (χ3n) is 3.66. The van der Waals surface area contributed by atoms with E-state index in [1.165, 1.54) is 12.1 Å². The molecule has 3 aromatic rings. The van der Waals surface area contributed by atoms with E-state index in [0.29, 0.717) is 12.2 Å². The second kappa shape index (κ2) is 6.43. The second-order valence-electron chi connectivity index (χ2n) is 5.60. The molecule has 0 atom stereocenters. The van der Waals surface area contributed by atoms with Crippen molar-refractivity contribution < 1.29 is 13.2 Å². The molecule has 0 saturated carbocycles. The number of rotatable bonds is 3. The van der Waals surface area contributed by atoms with Gasteiger partial charge in [-0.05, 0) is 36.8 Å². The van der Waals surface area contributed by atoms with Gasteiger partial charge < -0.3 is 0 Å². The quantitative estimate of drug-likeness (QED) is 0.671. The minimum Gasteiger partial charge on any atom is -0.241 e. The summed E-state index contributed by atoms with van der Waals surface area (Å²) >= 11 is 0. The van der Waals surface area contributed by atoms with Crippen LogP contribution in [0, 0.1) is 6.92 Å². The molecule has 0 fully saturated rings. The Morgan fingerprint density at radius 2 is 1.71 bits per heavy atom. The molecule has 0 spiro atoms. The number of benzene rings is 2. The molecular formula is C19H15F3N2. The van der Waals surface area contributed by atoms with E-state index in [-0.39, 0.29) is 0 Å². The zero-order valence-electron chi connectivity index (χ0n) is 13.0. The van der Waals surface area contributed by atoms with Gasteiger partial charge in [0.15, 0.2) is 0 Å². The predicted molar refractivity (Wildman–Crippen MR) is 86.5 cm³/mol. The molecule has 5 heteroatoms. The van der Waals surface area contributed by atoms with Gasteiger partial charge in [0.05, 0.1) is 11.3 Å². The number of alkyl halides is 3. The van der Waals surface area contributed by atoms with Crippen LogP contribution in [0.25, 0.3) is 11.3 Å². The van der Waals surface area contributed by atoms with Crippen LogP contribution in [0.4, 0.5) is 13.2 Å². The molecule has 0 aliphatic carbocycles. The molecule has 3 rings (SSSR count). The van der Waals surface area contributed by atoms with Gasteiger partial charge >= 0.3 is 6.18 Å². The SMILES string of the molecule is Cc1cccc(-c2ccnc(Cc3ccc(C(F)(F)F)cc3)n2)c1. The van der Waals surface area contributed by atoms with Crippen molar-refractivity contribution in [3.8, 4) is 11.3 Å². The molecule has 0 N–H and O–H groups in total. The lowest BCUT2D eigenvalue weighted by Gasteiger charge is -2.08. The summed E-state index contributed by atoms with van der Waals surface area (Å²) in [5, 5.41) is 0. The smallest absolute Gasteiger partial charge is 0.241 e. The van der Waals surface area contributed by atoms with Gasteiger partial charge in [0.1, 0.15) is 5.82 Å². The van der Waals surface area contributed by atoms with Crippen LogP contribution in [0.2, 0.25) is 0 Å². The summed E-state index contributed by atoms with van der Waals surface area (Å²) in [4.78, 5) is 8.74. The summed E-state index contributed by atoms with van der Waals surface area (Å²) < 4.78 is 37.8. The van der Waals surface area contributed by atoms with E-state index >= 15 is 0 Å². The first-order valence-corrected chi connectivity index (χ1v) is 7.47. The number of aromatic nitrogens is 2. The molecule has 1 heterocycles. The zero-order valence-corrected chi connectivity index (χ0v) is 13.0. The standard InChI is InChI=1S/C19H15F3N2/c1-13-3-2-4-15(11-13)17-9-10-23-18(24-17)12-14-5-7-16(8-6-14)19(20,21)22/h2-11H,12H2,1H3. The van der Waals surface area contributed by atoms with E-state index in [9.17, 15) is 13.2 Å². The number of aryl methyl sites for hydroxylation is 1. The molecule has 0 unspecified atom stereocenters. The van der Waals surface area contributed by atoms with Crippen molar-refractivity contribution in [1.29, 1.82) is 0 Å². The molecule has 2 aromatic carbocycles. The second-order valence-corrected chi connectivity index (χ2v) is 5.60. The fraction of sp³-hybridized carbons (Fsp3) is 0.158. The lowest BCUT2D eigenvalue weighted by molar-refractivity contribution is -0.137. The number of hydrogen-bond donors (Lipinski definition) is 0. The van der Waals surface area contributed by atoms with Crippen LogP contribution in [0.15, 0.2) is 60.8 Å². The zero-order chi connectivity index (χ0) is 17.2. The molecular weight excluding hydrogens is 313 g/mol. The summed E-state index contributed by atoms with van der Waals surface area (Å²) in [6.45, 7) is 2.01. The maximum Gasteiger partial charge on any atom is 0.416 e. The van der Waals surface area contributed by atoms with E-state index < -0.39 is 11.7 Å². The maximum absolute atomic E-state index is 12.6. The van der Waals surface area contributed by atoms with Crippen molar-refractivity contribution in [1.82, 2.24) is 9.97 Å². The third kappa shape index (κ3) is 3.79. The fourth-order valence-electron chi connectivity index (χ4n) is 2.44. The van der Waals surface area contributed by atoms with Crippen molar-refractivity contribution >= 4 is 0 Å². The van der Waals surface area contributed by atoms with Gasteiger partial charge in [0.2, 0.25) is 0 Å². The lowest BCUT2D eigenvalue weighted by atomic mass is 10.1. The Labute approximate surface area is 138 Å². The van der Waals surface area contributed by atoms with E-state index in [4.69, 9.17) is 0 Å². The number of halogens is 3. The van der Waals surface area contributed by atoms with Gasteiger partial charge in [-0.15, -0.1) is 0 Å². The topological polar surface area (TPSA) is 25.8 Å². The van der Waals surface area contributed by atoms with Crippen molar-refractivity contribution in [3.05, 3.63) is 83.3 Å². The number of nitrogens with zero attached hydrogens (tertiary/aromatic N) is 2. The van der Waals surface area contributed by atoms with Crippen LogP contribution in [0.5, 0.6) is 0 Å². The van der Waals surface area contributed by atoms with Gasteiger partial charge in [-0.25, -0.2) is 9.97 Å². The van der Waals surface area contributed by atoms with Crippen molar-refractivity contribution in [2.24, 2.45) is 0 Å². The average molecular weight is 328 g/mol. The van der Waals surface area contributed by atoms with Crippen LogP contribution in [-0.2, 0) is 12.6 Å². The Balaban J connectivity index is 1.82. The Hall–Kier alpha value is -2.69. The van der Waals surface area contributed by atoms with Gasteiger partial charge in [0, 0.05) is 18.2 Å². The van der Waals surface area contributed by atoms with Crippen LogP contribution >= 0.6 is 0 Å². The average Bonchev–Trinajstić information content (AvgIpc) is 2.55. The molecule has 1 aromatic heterocycles. The molecule has 0 aliphatic rings. The fourth-order valence-corrected chi connectivity index (χ4v) is 2.44. The van der Waals surface area contributed by atoms with Crippen molar-refractivity contribution in [2.45, 2.75) is 19.5 Å². The minimum atomic E-state index is -4.32. The summed E-state index contributed by atoms with van der Waals surface area (Å²) in [6.07, 6.45) is -2.26. The molecule has 0 radical (unpaired) electrons. The Kier molecular flexibility index (Phi) is 4.34. The van der Waals surface area contributed by atoms with Gasteiger partial charge in [0.25, 0.3) is 0 Å². The van der Waals surface area contributed by atoms with Crippen molar-refractivity contribution in [3.63, 3.8) is 0 Å². The van der Waals surface area contributed by atoms with Crippen LogP contribution < -0.4 is 0 Å². The molecule has 0 aliphatic heterocycles. The Morgan fingerprint density at radius 1 is 0.958 bits per heavy atom. The third-order valence-corrected chi connectivity index (χ3v) is 3.66. The summed E-state index contributed by atoms with van der Waals surface area (Å²) in [6, 6.07) is 14.9. The molecule has 122 valence electrons. The summed E-state index contributed by atoms with van der Waals surface area (Å²) in [5.74, 6) is 0.578. The monoisotopic (exact) mass is 328 g/mol. The highest BCUT2D eigenvalue weighted by molar-refractivity contribution is 5.59. The van der Waals surface area contributed by atoms with E-state index in [1.54, 1.807) is 6.20 Å². The molecule has 24 heavy (non-hydrogen) atoms. The first-order chi connectivity index (χ1) is 11.4. The molecule has 2 nitrogen and oxygen atoms in total. The minimum absolute atomic E-state index is 0.387. The van der Waals surface area contributed by atoms with Crippen LogP contribution in [0.3, 0.4) is 0 Å². The van der Waals surface area contributed by atoms with E-state index in [2.05, 4.69) is 9.97 Å². The predicted octanol–water partition coefficient (Wildman–Crippen LogP) is 5.06. The highest BCUT2D eigenvalue weighted by Crippen LogP contribution is 2.29. The summed E-state index contributed by atoms with van der Waals surface area (Å²) in [5.41, 5.74) is 3.02. The normalized spacial score (nSPS) is 11.5. The molecule has 0 amide bonds. The lowest BCUT2D eigenvalue weighted by Crippen LogP contribution is -2.05. The maximum atomic E-state index is 12.6. The Bertz CT molecular complexity index is 840. The largest absolute Gasteiger partial charge is 0.416 e. The van der Waals surface area contributed by atoms with E-state index in [0.717, 1.165) is 34.5 Å². The number of hydrogen-bond acceptors (Lipinski definition) is 2. The van der Waals surface area contributed by atoms with Gasteiger partial charge in [-0.1, -0.05) is 35.9 Å². The van der Waals surface area contributed by atoms with Gasteiger partial charge in [-0.3, -0.25) is 0 Å². The highest BCUT2D eigenvalue weighted by Gasteiger charge is 2.29. The van der Waals surface area contributed by atoms with Crippen LogP contribution in [0.1, 0.15) is 22.5 Å². The Morgan fingerprint density at radius 3 is 2.38 bits per heavy atom. The van der Waals surface area contributed by atoms with Gasteiger partial charge in [-0.2, -0.15) is 13.2 Å².